The number of diazo groups is 1. The van der Waals surface area contributed by atoms with Crippen LogP contribution in [0.15, 0.2) is 41.1 Å². The van der Waals surface area contributed by atoms with E-state index in [0.717, 1.165) is 6.20 Å². The summed E-state index contributed by atoms with van der Waals surface area (Å²) < 4.78 is 26.3. The van der Waals surface area contributed by atoms with Crippen LogP contribution in [-0.2, 0) is 14.8 Å². The Labute approximate surface area is 122 Å². The monoisotopic (exact) mass is 311 g/mol. The number of nitrogens with one attached hydrogen (secondary N) is 2. The summed E-state index contributed by atoms with van der Waals surface area (Å²) >= 11 is 0. The van der Waals surface area contributed by atoms with E-state index in [9.17, 15) is 18.3 Å². The van der Waals surface area contributed by atoms with Crippen LogP contribution in [0, 0.1) is 5.39 Å². The first-order valence-electron chi connectivity index (χ1n) is 5.89. The molecule has 0 saturated carbocycles. The van der Waals surface area contributed by atoms with E-state index >= 15 is 0 Å². The minimum absolute atomic E-state index is 0.0304. The van der Waals surface area contributed by atoms with Gasteiger partial charge >= 0.3 is 6.20 Å². The smallest absolute Gasteiger partial charge is 0.389 e. The van der Waals surface area contributed by atoms with Gasteiger partial charge in [0.1, 0.15) is 0 Å². The van der Waals surface area contributed by atoms with E-state index in [0.29, 0.717) is 5.69 Å². The number of rotatable bonds is 5. The minimum Gasteiger partial charge on any atom is -0.504 e. The maximum absolute atomic E-state index is 12.1. The lowest BCUT2D eigenvalue weighted by atomic mass is 10.3. The molecule has 0 saturated heterocycles. The van der Waals surface area contributed by atoms with Gasteiger partial charge in [-0.05, 0) is 31.2 Å². The normalized spacial score (nSPS) is 13.3. The molecule has 0 aliphatic carbocycles. The number of carbonyl (C=O) groups is 1. The molecule has 8 nitrogen and oxygen atoms in total. The fourth-order valence-electron chi connectivity index (χ4n) is 1.45. The molecule has 1 aromatic rings. The Morgan fingerprint density at radius 3 is 2.43 bits per heavy atom. The van der Waals surface area contributed by atoms with Crippen molar-refractivity contribution in [2.24, 2.45) is 0 Å². The van der Waals surface area contributed by atoms with Crippen LogP contribution in [0.25, 0.3) is 4.98 Å². The van der Waals surface area contributed by atoms with Gasteiger partial charge < -0.3 is 10.4 Å². The van der Waals surface area contributed by atoms with Crippen LogP contribution in [0.1, 0.15) is 13.8 Å². The fourth-order valence-corrected chi connectivity index (χ4v) is 2.67. The maximum Gasteiger partial charge on any atom is 0.389 e. The first-order chi connectivity index (χ1) is 9.76. The summed E-state index contributed by atoms with van der Waals surface area (Å²) in [4.78, 5) is 13.5. The quantitative estimate of drug-likeness (QED) is 0.562. The van der Waals surface area contributed by atoms with Gasteiger partial charge in [0.15, 0.2) is 10.7 Å². The van der Waals surface area contributed by atoms with Gasteiger partial charge in [0, 0.05) is 12.6 Å². The van der Waals surface area contributed by atoms with Gasteiger partial charge in [-0.2, -0.15) is 0 Å². The number of nitrogens with zero attached hydrogens (tertiary/aromatic N) is 2. The summed E-state index contributed by atoms with van der Waals surface area (Å²) in [5.74, 6) is -0.698. The summed E-state index contributed by atoms with van der Waals surface area (Å²) in [6, 6.07) is 4.56. The molecule has 0 aliphatic rings. The molecule has 21 heavy (non-hydrogen) atoms. The third-order valence-electron chi connectivity index (χ3n) is 2.45. The number of hydrogen-bond acceptors (Lipinski definition) is 5. The van der Waals surface area contributed by atoms with Gasteiger partial charge in [0.2, 0.25) is 21.3 Å². The molecule has 112 valence electrons. The zero-order valence-electron chi connectivity index (χ0n) is 11.4. The van der Waals surface area contributed by atoms with Crippen molar-refractivity contribution in [3.8, 4) is 0 Å². The molecule has 0 radical (unpaired) electrons. The van der Waals surface area contributed by atoms with E-state index in [1.165, 1.54) is 38.1 Å². The number of amides is 1. The second kappa shape index (κ2) is 6.83. The lowest BCUT2D eigenvalue weighted by Crippen LogP contribution is -2.33. The molecular weight excluding hydrogens is 296 g/mol. The molecule has 0 aromatic heterocycles. The Balaban J connectivity index is 2.91. The Hall–Kier alpha value is -2.44. The molecule has 0 bridgehead atoms. The van der Waals surface area contributed by atoms with Gasteiger partial charge in [0.25, 0.3) is 0 Å². The molecule has 3 N–H and O–H groups in total. The van der Waals surface area contributed by atoms with Gasteiger partial charge in [-0.15, -0.1) is 0 Å². The highest BCUT2D eigenvalue weighted by Gasteiger charge is 2.21. The number of aliphatic hydroxyl groups excluding tert-OH is 1. The number of sulfonamides is 1. The van der Waals surface area contributed by atoms with E-state index in [1.807, 2.05) is 0 Å². The van der Waals surface area contributed by atoms with E-state index in [4.69, 9.17) is 5.39 Å². The largest absolute Gasteiger partial charge is 0.504 e. The second-order valence-electron chi connectivity index (χ2n) is 4.22. The molecule has 1 unspecified atom stereocenters. The van der Waals surface area contributed by atoms with Crippen LogP contribution in [0.5, 0.6) is 0 Å². The van der Waals surface area contributed by atoms with Crippen LogP contribution >= 0.6 is 0 Å². The predicted molar refractivity (Wildman–Crippen MR) is 76.3 cm³/mol. The van der Waals surface area contributed by atoms with Crippen molar-refractivity contribution >= 4 is 21.6 Å². The Bertz CT molecular complexity index is 689. The summed E-state index contributed by atoms with van der Waals surface area (Å²) in [6.45, 7) is 2.73. The SMILES string of the molecule is CC(=O)Nc1ccc(S(=O)(=O)NC(C)C(O)=C[N+]#N)cc1. The lowest BCUT2D eigenvalue weighted by Gasteiger charge is -2.12. The third kappa shape index (κ3) is 4.87. The number of anilines is 1. The molecular formula is C12H15N4O4S+. The van der Waals surface area contributed by atoms with E-state index < -0.39 is 21.8 Å². The van der Waals surface area contributed by atoms with Gasteiger partial charge in [0.05, 0.1) is 10.9 Å². The van der Waals surface area contributed by atoms with Crippen LogP contribution in [-0.4, -0.2) is 25.5 Å². The number of aliphatic hydroxyl groups is 1. The first kappa shape index (κ1) is 16.6. The molecule has 0 fully saturated rings. The standard InChI is InChI=1S/C12H14N4O4S/c1-8(12(18)7-14-13)16-21(19,20)11-5-3-10(4-6-11)15-9(2)17/h3-8,16H,1-2H3,(H-,15,17,18)/p+1. The summed E-state index contributed by atoms with van der Waals surface area (Å²) in [7, 11) is -3.85. The minimum atomic E-state index is -3.85. The van der Waals surface area contributed by atoms with Gasteiger partial charge in [-0.25, -0.2) is 13.1 Å². The average Bonchev–Trinajstić information content (AvgIpc) is 2.38. The van der Waals surface area contributed by atoms with E-state index in [2.05, 4.69) is 15.0 Å². The topological polar surface area (TPSA) is 124 Å². The molecule has 0 heterocycles. The van der Waals surface area contributed by atoms with Crippen molar-refractivity contribution < 1.29 is 18.3 Å². The van der Waals surface area contributed by atoms with E-state index in [1.54, 1.807) is 0 Å². The van der Waals surface area contributed by atoms with Crippen LogP contribution in [0.3, 0.4) is 0 Å². The van der Waals surface area contributed by atoms with Crippen molar-refractivity contribution in [3.05, 3.63) is 41.2 Å². The summed E-state index contributed by atoms with van der Waals surface area (Å²) in [5.41, 5.74) is 0.469. The summed E-state index contributed by atoms with van der Waals surface area (Å²) in [6.07, 6.45) is 0.729. The molecule has 9 heteroatoms. The highest BCUT2D eigenvalue weighted by molar-refractivity contribution is 7.89. The Kier molecular flexibility index (Phi) is 5.40. The van der Waals surface area contributed by atoms with Crippen molar-refractivity contribution in [1.82, 2.24) is 4.72 Å². The fraction of sp³-hybridized carbons (Fsp3) is 0.250. The maximum atomic E-state index is 12.1. The molecule has 1 aromatic carbocycles. The third-order valence-corrected chi connectivity index (χ3v) is 4.01. The highest BCUT2D eigenvalue weighted by atomic mass is 32.2. The number of hydrogen-bond donors (Lipinski definition) is 3. The summed E-state index contributed by atoms with van der Waals surface area (Å²) in [5, 5.41) is 20.2. The van der Waals surface area contributed by atoms with Crippen molar-refractivity contribution in [2.75, 3.05) is 5.32 Å². The van der Waals surface area contributed by atoms with Crippen molar-refractivity contribution in [3.63, 3.8) is 0 Å². The first-order valence-corrected chi connectivity index (χ1v) is 7.38. The number of carbonyl (C=O) groups excluding carboxylic acids is 1. The van der Waals surface area contributed by atoms with Crippen LogP contribution in [0.2, 0.25) is 0 Å². The average molecular weight is 311 g/mol. The molecule has 0 spiro atoms. The van der Waals surface area contributed by atoms with Gasteiger partial charge in [-0.1, -0.05) is 0 Å². The lowest BCUT2D eigenvalue weighted by molar-refractivity contribution is -0.114. The molecule has 1 atom stereocenters. The van der Waals surface area contributed by atoms with Crippen molar-refractivity contribution in [1.29, 1.82) is 5.39 Å². The van der Waals surface area contributed by atoms with Gasteiger partial charge in [-0.3, -0.25) is 4.79 Å². The zero-order chi connectivity index (χ0) is 16.0. The van der Waals surface area contributed by atoms with Crippen LogP contribution in [0.4, 0.5) is 5.69 Å². The molecule has 1 rings (SSSR count). The highest BCUT2D eigenvalue weighted by Crippen LogP contribution is 2.15. The van der Waals surface area contributed by atoms with Crippen LogP contribution < -0.4 is 10.0 Å². The second-order valence-corrected chi connectivity index (χ2v) is 5.93. The Morgan fingerprint density at radius 2 is 1.95 bits per heavy atom. The number of benzene rings is 1. The predicted octanol–water partition coefficient (Wildman–Crippen LogP) is 1.56. The zero-order valence-corrected chi connectivity index (χ0v) is 12.3. The molecule has 0 aliphatic heterocycles. The Morgan fingerprint density at radius 1 is 1.38 bits per heavy atom. The molecule has 1 amide bonds. The van der Waals surface area contributed by atoms with E-state index in [-0.39, 0.29) is 10.8 Å². The van der Waals surface area contributed by atoms with Crippen molar-refractivity contribution in [2.45, 2.75) is 24.8 Å².